The van der Waals surface area contributed by atoms with E-state index in [1.807, 2.05) is 0 Å². The molecule has 2 nitrogen and oxygen atoms in total. The summed E-state index contributed by atoms with van der Waals surface area (Å²) in [5.41, 5.74) is 1.32. The summed E-state index contributed by atoms with van der Waals surface area (Å²) < 4.78 is 0. The van der Waals surface area contributed by atoms with Gasteiger partial charge in [0.15, 0.2) is 0 Å². The molecule has 0 aromatic carbocycles. The molecule has 186 valence electrons. The van der Waals surface area contributed by atoms with E-state index in [2.05, 4.69) is 92.9 Å². The normalized spacial score (nSPS) is 22.6. The highest BCUT2D eigenvalue weighted by molar-refractivity contribution is 4.85. The lowest BCUT2D eigenvalue weighted by Crippen LogP contribution is -2.42. The molecule has 0 spiro atoms. The number of rotatable bonds is 11. The van der Waals surface area contributed by atoms with E-state index in [4.69, 9.17) is 0 Å². The number of nitrogens with zero attached hydrogens (tertiary/aromatic N) is 2. The fraction of sp³-hybridized carbons (Fsp3) is 1.00. The maximum Gasteiger partial charge on any atom is 0.0625 e. The first-order chi connectivity index (χ1) is 14.0. The van der Waals surface area contributed by atoms with E-state index < -0.39 is 0 Å². The molecular weight excluding hydrogens is 376 g/mol. The smallest absolute Gasteiger partial charge is 0.0625 e. The van der Waals surface area contributed by atoms with Crippen LogP contribution in [0.15, 0.2) is 0 Å². The standard InChI is InChI=1S/C29H60N2/c1-23(20-27(4,5)6)13-15-30-17-18-31(16-14-24(2)21-28(7,8)9)26(30)19-25(3)22-29(10,11)12/h23-26H,13-22H2,1-12H3/t23-,24+,25-,26?/m1/s1. The Morgan fingerprint density at radius 3 is 1.23 bits per heavy atom. The minimum atomic E-state index is 0.427. The average molecular weight is 437 g/mol. The minimum Gasteiger partial charge on any atom is -0.287 e. The van der Waals surface area contributed by atoms with Crippen LogP contribution in [-0.4, -0.2) is 42.1 Å². The molecular formula is C29H60N2. The van der Waals surface area contributed by atoms with Crippen molar-refractivity contribution in [2.24, 2.45) is 34.0 Å². The summed E-state index contributed by atoms with van der Waals surface area (Å²) >= 11 is 0. The molecule has 0 N–H and O–H groups in total. The zero-order valence-electron chi connectivity index (χ0n) is 23.8. The fourth-order valence-electron chi connectivity index (χ4n) is 6.16. The second-order valence-electron chi connectivity index (χ2n) is 15.0. The largest absolute Gasteiger partial charge is 0.287 e. The van der Waals surface area contributed by atoms with Gasteiger partial charge in [-0.3, -0.25) is 9.80 Å². The van der Waals surface area contributed by atoms with Gasteiger partial charge in [0.1, 0.15) is 0 Å². The van der Waals surface area contributed by atoms with Gasteiger partial charge in [-0.2, -0.15) is 0 Å². The molecule has 2 heteroatoms. The Hall–Kier alpha value is -0.0800. The van der Waals surface area contributed by atoms with E-state index in [1.54, 1.807) is 0 Å². The Bertz CT molecular complexity index is 456. The van der Waals surface area contributed by atoms with Crippen LogP contribution in [0.3, 0.4) is 0 Å². The summed E-state index contributed by atoms with van der Waals surface area (Å²) in [6.45, 7) is 34.0. The molecule has 0 radical (unpaired) electrons. The van der Waals surface area contributed by atoms with Crippen LogP contribution in [-0.2, 0) is 0 Å². The van der Waals surface area contributed by atoms with E-state index in [-0.39, 0.29) is 0 Å². The van der Waals surface area contributed by atoms with Gasteiger partial charge >= 0.3 is 0 Å². The predicted octanol–water partition coefficient (Wildman–Crippen LogP) is 8.32. The predicted molar refractivity (Wildman–Crippen MR) is 140 cm³/mol. The molecule has 1 unspecified atom stereocenters. The van der Waals surface area contributed by atoms with E-state index in [9.17, 15) is 0 Å². The molecule has 1 aliphatic heterocycles. The monoisotopic (exact) mass is 436 g/mol. The van der Waals surface area contributed by atoms with Crippen LogP contribution in [0.4, 0.5) is 0 Å². The Labute approximate surface area is 197 Å². The van der Waals surface area contributed by atoms with Crippen molar-refractivity contribution in [3.05, 3.63) is 0 Å². The molecule has 1 rings (SSSR count). The SMILES string of the molecule is C[C@H](CCN1CCN(CC[C@H](C)CC(C)(C)C)C1C[C@@H](C)CC(C)(C)C)CC(C)(C)C. The molecule has 0 aromatic rings. The van der Waals surface area contributed by atoms with Crippen molar-refractivity contribution in [2.45, 2.75) is 128 Å². The third-order valence-corrected chi connectivity index (χ3v) is 6.83. The summed E-state index contributed by atoms with van der Waals surface area (Å²) in [5, 5.41) is 0. The van der Waals surface area contributed by atoms with Gasteiger partial charge in [0.2, 0.25) is 0 Å². The quantitative estimate of drug-likeness (QED) is 0.321. The maximum absolute atomic E-state index is 2.84. The van der Waals surface area contributed by atoms with Crippen molar-refractivity contribution < 1.29 is 0 Å². The molecule has 1 saturated heterocycles. The van der Waals surface area contributed by atoms with Gasteiger partial charge in [0.25, 0.3) is 0 Å². The summed E-state index contributed by atoms with van der Waals surface area (Å²) in [6.07, 6.45) is 8.66. The van der Waals surface area contributed by atoms with Crippen LogP contribution in [0.2, 0.25) is 0 Å². The van der Waals surface area contributed by atoms with Gasteiger partial charge in [-0.15, -0.1) is 0 Å². The summed E-state index contributed by atoms with van der Waals surface area (Å²) in [6, 6.07) is 0. The number of hydrogen-bond acceptors (Lipinski definition) is 2. The molecule has 0 bridgehead atoms. The lowest BCUT2D eigenvalue weighted by molar-refractivity contribution is 0.0911. The lowest BCUT2D eigenvalue weighted by Gasteiger charge is -2.35. The van der Waals surface area contributed by atoms with Crippen LogP contribution in [0.1, 0.15) is 122 Å². The van der Waals surface area contributed by atoms with Crippen molar-refractivity contribution in [1.29, 1.82) is 0 Å². The Balaban J connectivity index is 2.73. The van der Waals surface area contributed by atoms with Crippen LogP contribution in [0.5, 0.6) is 0 Å². The Morgan fingerprint density at radius 1 is 0.581 bits per heavy atom. The van der Waals surface area contributed by atoms with Gasteiger partial charge in [-0.25, -0.2) is 0 Å². The third kappa shape index (κ3) is 13.3. The summed E-state index contributed by atoms with van der Waals surface area (Å²) in [5.74, 6) is 2.41. The van der Waals surface area contributed by atoms with Gasteiger partial charge in [-0.1, -0.05) is 83.1 Å². The first-order valence-electron chi connectivity index (χ1n) is 13.4. The van der Waals surface area contributed by atoms with Crippen LogP contribution < -0.4 is 0 Å². The van der Waals surface area contributed by atoms with E-state index in [0.29, 0.717) is 22.4 Å². The molecule has 1 heterocycles. The first kappa shape index (κ1) is 29.0. The second kappa shape index (κ2) is 11.9. The van der Waals surface area contributed by atoms with Gasteiger partial charge in [0.05, 0.1) is 6.17 Å². The highest BCUT2D eigenvalue weighted by Crippen LogP contribution is 2.32. The number of hydrogen-bond donors (Lipinski definition) is 0. The van der Waals surface area contributed by atoms with E-state index in [0.717, 1.165) is 17.8 Å². The molecule has 4 atom stereocenters. The molecule has 0 amide bonds. The first-order valence-corrected chi connectivity index (χ1v) is 13.4. The maximum atomic E-state index is 2.84. The molecule has 0 aliphatic carbocycles. The topological polar surface area (TPSA) is 6.48 Å². The third-order valence-electron chi connectivity index (χ3n) is 6.83. The molecule has 1 aliphatic rings. The molecule has 31 heavy (non-hydrogen) atoms. The highest BCUT2D eigenvalue weighted by Gasteiger charge is 2.33. The average Bonchev–Trinajstić information content (AvgIpc) is 2.87. The lowest BCUT2D eigenvalue weighted by atomic mass is 9.83. The summed E-state index contributed by atoms with van der Waals surface area (Å²) in [4.78, 5) is 5.68. The van der Waals surface area contributed by atoms with Gasteiger partial charge < -0.3 is 0 Å². The fourth-order valence-corrected chi connectivity index (χ4v) is 6.16. The van der Waals surface area contributed by atoms with Crippen molar-refractivity contribution in [3.63, 3.8) is 0 Å². The van der Waals surface area contributed by atoms with Crippen molar-refractivity contribution in [2.75, 3.05) is 26.2 Å². The van der Waals surface area contributed by atoms with Gasteiger partial charge in [-0.05, 0) is 85.6 Å². The highest BCUT2D eigenvalue weighted by atomic mass is 15.4. The molecule has 0 aromatic heterocycles. The van der Waals surface area contributed by atoms with Crippen LogP contribution in [0, 0.1) is 34.0 Å². The van der Waals surface area contributed by atoms with Gasteiger partial charge in [0, 0.05) is 13.1 Å². The van der Waals surface area contributed by atoms with Crippen LogP contribution >= 0.6 is 0 Å². The summed E-state index contributed by atoms with van der Waals surface area (Å²) in [7, 11) is 0. The van der Waals surface area contributed by atoms with Crippen molar-refractivity contribution in [3.8, 4) is 0 Å². The molecule has 1 fully saturated rings. The van der Waals surface area contributed by atoms with Crippen molar-refractivity contribution >= 4 is 0 Å². The zero-order valence-corrected chi connectivity index (χ0v) is 23.8. The van der Waals surface area contributed by atoms with Crippen LogP contribution in [0.25, 0.3) is 0 Å². The van der Waals surface area contributed by atoms with Crippen molar-refractivity contribution in [1.82, 2.24) is 9.80 Å². The zero-order chi connectivity index (χ0) is 24.0. The Kier molecular flexibility index (Phi) is 11.1. The Morgan fingerprint density at radius 2 is 0.903 bits per heavy atom. The van der Waals surface area contributed by atoms with E-state index >= 15 is 0 Å². The van der Waals surface area contributed by atoms with E-state index in [1.165, 1.54) is 64.7 Å². The second-order valence-corrected chi connectivity index (χ2v) is 15.0. The molecule has 0 saturated carbocycles. The minimum absolute atomic E-state index is 0.427.